The minimum Gasteiger partial charge on any atom is -0.507 e. The number of ether oxygens (including phenoxy) is 1. The molecule has 4 heteroatoms. The summed E-state index contributed by atoms with van der Waals surface area (Å²) in [6.45, 7) is 13.3. The lowest BCUT2D eigenvalue weighted by Crippen LogP contribution is -2.18. The Hall–Kier alpha value is -1.000. The molecule has 3 nitrogen and oxygen atoms in total. The zero-order chi connectivity index (χ0) is 19.0. The number of aldehydes is 1. The molecule has 0 unspecified atom stereocenters. The van der Waals surface area contributed by atoms with E-state index in [2.05, 4.69) is 58.9 Å². The van der Waals surface area contributed by atoms with Crippen LogP contribution in [-0.4, -0.2) is 30.9 Å². The van der Waals surface area contributed by atoms with Gasteiger partial charge in [-0.15, -0.1) is 0 Å². The molecule has 0 aliphatic heterocycles. The number of phenols is 1. The molecule has 24 heavy (non-hydrogen) atoms. The van der Waals surface area contributed by atoms with E-state index < -0.39 is 0 Å². The molecule has 0 saturated carbocycles. The molecule has 1 aromatic rings. The molecule has 0 aliphatic carbocycles. The Bertz CT molecular complexity index is 474. The van der Waals surface area contributed by atoms with Crippen LogP contribution in [0.15, 0.2) is 12.1 Å². The Labute approximate surface area is 153 Å². The Morgan fingerprint density at radius 2 is 1.54 bits per heavy atom. The molecule has 0 heterocycles. The van der Waals surface area contributed by atoms with Gasteiger partial charge in [0.1, 0.15) is 12.0 Å². The van der Waals surface area contributed by atoms with Crippen molar-refractivity contribution in [3.63, 3.8) is 0 Å². The molecule has 0 amide bonds. The first-order valence-electron chi connectivity index (χ1n) is 8.39. The standard InChI is InChI=1S/C17H26O2.C3H8OS/c1-16(2,3)13-10-12(8-7-9-18)11-14(15(13)19)17(4,5)6;1-4-2-3-5/h9-11,19H,7-8H2,1-6H3;5H,2-3H2,1H3. The monoisotopic (exact) mass is 354 g/mol. The fraction of sp³-hybridized carbons (Fsp3) is 0.650. The second-order valence-electron chi connectivity index (χ2n) is 7.96. The van der Waals surface area contributed by atoms with Crippen LogP contribution in [0.5, 0.6) is 5.75 Å². The summed E-state index contributed by atoms with van der Waals surface area (Å²) < 4.78 is 4.61. The van der Waals surface area contributed by atoms with Crippen molar-refractivity contribution in [3.05, 3.63) is 28.8 Å². The second-order valence-corrected chi connectivity index (χ2v) is 8.41. The normalized spacial score (nSPS) is 11.7. The van der Waals surface area contributed by atoms with Crippen molar-refractivity contribution in [2.45, 2.75) is 65.2 Å². The molecule has 1 rings (SSSR count). The highest BCUT2D eigenvalue weighted by molar-refractivity contribution is 7.80. The van der Waals surface area contributed by atoms with Crippen molar-refractivity contribution in [2.24, 2.45) is 0 Å². The summed E-state index contributed by atoms with van der Waals surface area (Å²) in [5.74, 6) is 1.21. The Morgan fingerprint density at radius 3 is 1.79 bits per heavy atom. The van der Waals surface area contributed by atoms with Gasteiger partial charge in [0, 0.05) is 19.3 Å². The van der Waals surface area contributed by atoms with E-state index in [-0.39, 0.29) is 10.8 Å². The average molecular weight is 355 g/mol. The summed E-state index contributed by atoms with van der Waals surface area (Å²) in [5.41, 5.74) is 2.82. The Morgan fingerprint density at radius 1 is 1.08 bits per heavy atom. The minimum atomic E-state index is -0.110. The first-order valence-corrected chi connectivity index (χ1v) is 9.02. The quantitative estimate of drug-likeness (QED) is 0.596. The number of carbonyl (C=O) groups excluding carboxylic acids is 1. The van der Waals surface area contributed by atoms with Gasteiger partial charge in [-0.05, 0) is 33.9 Å². The summed E-state index contributed by atoms with van der Waals surface area (Å²) >= 11 is 3.88. The number of aryl methyl sites for hydroxylation is 1. The van der Waals surface area contributed by atoms with Crippen LogP contribution < -0.4 is 0 Å². The summed E-state index contributed by atoms with van der Waals surface area (Å²) in [6.07, 6.45) is 2.20. The zero-order valence-corrected chi connectivity index (χ0v) is 17.2. The SMILES string of the molecule is CC(C)(C)c1cc(CCC=O)cc(C(C)(C)C)c1O.COCCS. The zero-order valence-electron chi connectivity index (χ0n) is 16.3. The molecule has 0 aromatic heterocycles. The van der Waals surface area contributed by atoms with Gasteiger partial charge in [0.2, 0.25) is 0 Å². The highest BCUT2D eigenvalue weighted by atomic mass is 32.1. The first kappa shape index (κ1) is 23.0. The summed E-state index contributed by atoms with van der Waals surface area (Å²) in [5, 5.41) is 10.5. The van der Waals surface area contributed by atoms with Crippen LogP contribution in [0.25, 0.3) is 0 Å². The van der Waals surface area contributed by atoms with Crippen molar-refractivity contribution < 1.29 is 14.6 Å². The number of methoxy groups -OCH3 is 1. The van der Waals surface area contributed by atoms with Crippen LogP contribution in [-0.2, 0) is 26.8 Å². The average Bonchev–Trinajstić information content (AvgIpc) is 2.45. The molecular formula is C20H34O3S. The summed E-state index contributed by atoms with van der Waals surface area (Å²) in [4.78, 5) is 10.6. The number of hydrogen-bond acceptors (Lipinski definition) is 4. The van der Waals surface area contributed by atoms with E-state index in [9.17, 15) is 9.90 Å². The number of phenolic OH excluding ortho intramolecular Hbond substituents is 1. The van der Waals surface area contributed by atoms with E-state index in [0.717, 1.165) is 41.8 Å². The molecule has 0 aliphatic rings. The van der Waals surface area contributed by atoms with Crippen LogP contribution in [0, 0.1) is 0 Å². The number of benzene rings is 1. The molecule has 0 bridgehead atoms. The van der Waals surface area contributed by atoms with Crippen molar-refractivity contribution in [1.82, 2.24) is 0 Å². The van der Waals surface area contributed by atoms with Gasteiger partial charge in [0.25, 0.3) is 0 Å². The van der Waals surface area contributed by atoms with E-state index in [1.165, 1.54) is 0 Å². The highest BCUT2D eigenvalue weighted by Gasteiger charge is 2.26. The molecule has 0 spiro atoms. The summed E-state index contributed by atoms with van der Waals surface area (Å²) in [6, 6.07) is 4.07. The van der Waals surface area contributed by atoms with Crippen molar-refractivity contribution in [1.29, 1.82) is 0 Å². The predicted octanol–water partition coefficient (Wildman–Crippen LogP) is 4.68. The molecule has 1 aromatic carbocycles. The molecule has 0 radical (unpaired) electrons. The third kappa shape index (κ3) is 7.71. The largest absolute Gasteiger partial charge is 0.507 e. The molecule has 0 fully saturated rings. The van der Waals surface area contributed by atoms with Crippen LogP contribution in [0.2, 0.25) is 0 Å². The molecule has 1 N–H and O–H groups in total. The number of hydrogen-bond donors (Lipinski definition) is 2. The maximum Gasteiger partial charge on any atom is 0.123 e. The molecule has 0 saturated heterocycles. The Balaban J connectivity index is 0.000000922. The lowest BCUT2D eigenvalue weighted by molar-refractivity contribution is -0.107. The van der Waals surface area contributed by atoms with Gasteiger partial charge in [-0.3, -0.25) is 0 Å². The van der Waals surface area contributed by atoms with Gasteiger partial charge in [0.15, 0.2) is 0 Å². The maximum atomic E-state index is 10.6. The minimum absolute atomic E-state index is 0.110. The third-order valence-electron chi connectivity index (χ3n) is 3.63. The van der Waals surface area contributed by atoms with Crippen LogP contribution in [0.1, 0.15) is 64.7 Å². The van der Waals surface area contributed by atoms with E-state index in [4.69, 9.17) is 0 Å². The van der Waals surface area contributed by atoms with E-state index in [1.54, 1.807) is 7.11 Å². The lowest BCUT2D eigenvalue weighted by Gasteiger charge is -2.28. The smallest absolute Gasteiger partial charge is 0.123 e. The van der Waals surface area contributed by atoms with Gasteiger partial charge >= 0.3 is 0 Å². The maximum absolute atomic E-state index is 10.6. The fourth-order valence-corrected chi connectivity index (χ4v) is 2.48. The topological polar surface area (TPSA) is 46.5 Å². The number of rotatable bonds is 5. The van der Waals surface area contributed by atoms with Crippen LogP contribution >= 0.6 is 12.6 Å². The molecular weight excluding hydrogens is 320 g/mol. The number of aromatic hydroxyl groups is 1. The van der Waals surface area contributed by atoms with Gasteiger partial charge in [-0.25, -0.2) is 0 Å². The van der Waals surface area contributed by atoms with Crippen LogP contribution in [0.3, 0.4) is 0 Å². The highest BCUT2D eigenvalue weighted by Crippen LogP contribution is 2.39. The fourth-order valence-electron chi connectivity index (χ4n) is 2.30. The van der Waals surface area contributed by atoms with E-state index in [0.29, 0.717) is 12.2 Å². The lowest BCUT2D eigenvalue weighted by atomic mass is 9.78. The van der Waals surface area contributed by atoms with Gasteiger partial charge < -0.3 is 14.6 Å². The van der Waals surface area contributed by atoms with Crippen molar-refractivity contribution in [2.75, 3.05) is 19.5 Å². The third-order valence-corrected chi connectivity index (χ3v) is 3.81. The number of thiol groups is 1. The van der Waals surface area contributed by atoms with Crippen molar-refractivity contribution in [3.8, 4) is 5.75 Å². The number of carbonyl (C=O) groups is 1. The summed E-state index contributed by atoms with van der Waals surface area (Å²) in [7, 11) is 1.66. The Kier molecular flexibility index (Phi) is 9.68. The van der Waals surface area contributed by atoms with Gasteiger partial charge in [-0.2, -0.15) is 12.6 Å². The predicted molar refractivity (Wildman–Crippen MR) is 106 cm³/mol. The second kappa shape index (κ2) is 10.1. The van der Waals surface area contributed by atoms with Gasteiger partial charge in [-0.1, -0.05) is 53.7 Å². The van der Waals surface area contributed by atoms with Crippen LogP contribution in [0.4, 0.5) is 0 Å². The first-order chi connectivity index (χ1) is 11.0. The molecule has 138 valence electrons. The van der Waals surface area contributed by atoms with Gasteiger partial charge in [0.05, 0.1) is 6.61 Å². The van der Waals surface area contributed by atoms with Crippen molar-refractivity contribution >= 4 is 18.9 Å². The van der Waals surface area contributed by atoms with E-state index in [1.807, 2.05) is 12.1 Å². The van der Waals surface area contributed by atoms with E-state index >= 15 is 0 Å². The molecule has 0 atom stereocenters.